The zero-order valence-electron chi connectivity index (χ0n) is 14.3. The first-order chi connectivity index (χ1) is 12.7. The Hall–Kier alpha value is -3.36. The number of aromatic nitrogens is 6. The molecular weight excluding hydrogens is 332 g/mol. The van der Waals surface area contributed by atoms with Gasteiger partial charge in [-0.15, -0.1) is 5.10 Å². The first-order valence-corrected chi connectivity index (χ1v) is 8.50. The van der Waals surface area contributed by atoms with E-state index in [2.05, 4.69) is 24.8 Å². The Morgan fingerprint density at radius 3 is 3.08 bits per heavy atom. The molecule has 0 spiro atoms. The molecule has 26 heavy (non-hydrogen) atoms. The van der Waals surface area contributed by atoms with Crippen LogP contribution in [0.3, 0.4) is 0 Å². The van der Waals surface area contributed by atoms with Gasteiger partial charge in [-0.3, -0.25) is 0 Å². The van der Waals surface area contributed by atoms with Crippen molar-refractivity contribution in [3.8, 4) is 5.75 Å². The van der Waals surface area contributed by atoms with Gasteiger partial charge < -0.3 is 15.5 Å². The molecule has 9 nitrogen and oxygen atoms in total. The summed E-state index contributed by atoms with van der Waals surface area (Å²) in [4.78, 5) is 13.5. The fourth-order valence-electron chi connectivity index (χ4n) is 3.49. The summed E-state index contributed by atoms with van der Waals surface area (Å²) >= 11 is 0. The maximum atomic E-state index is 6.10. The van der Waals surface area contributed by atoms with Crippen molar-refractivity contribution in [1.29, 1.82) is 0 Å². The highest BCUT2D eigenvalue weighted by atomic mass is 16.5. The van der Waals surface area contributed by atoms with Crippen LogP contribution >= 0.6 is 0 Å². The monoisotopic (exact) mass is 350 g/mol. The number of nitrogens with zero attached hydrogens (tertiary/aromatic N) is 7. The van der Waals surface area contributed by atoms with E-state index >= 15 is 0 Å². The number of ether oxygens (including phenoxy) is 1. The number of para-hydroxylation sites is 1. The summed E-state index contributed by atoms with van der Waals surface area (Å²) in [6, 6.07) is 5.73. The van der Waals surface area contributed by atoms with E-state index < -0.39 is 0 Å². The quantitative estimate of drug-likeness (QED) is 0.581. The van der Waals surface area contributed by atoms with Gasteiger partial charge in [-0.2, -0.15) is 4.52 Å². The van der Waals surface area contributed by atoms with Crippen molar-refractivity contribution < 1.29 is 4.74 Å². The van der Waals surface area contributed by atoms with E-state index in [9.17, 15) is 0 Å². The summed E-state index contributed by atoms with van der Waals surface area (Å²) in [5.74, 6) is 2.81. The van der Waals surface area contributed by atoms with E-state index in [0.717, 1.165) is 36.5 Å². The number of fused-ring (bicyclic) bond motifs is 4. The number of rotatable bonds is 4. The Morgan fingerprint density at radius 2 is 2.19 bits per heavy atom. The van der Waals surface area contributed by atoms with Crippen molar-refractivity contribution in [3.63, 3.8) is 0 Å². The van der Waals surface area contributed by atoms with Crippen LogP contribution in [0.4, 0.5) is 5.95 Å². The fourth-order valence-corrected chi connectivity index (χ4v) is 3.49. The Kier molecular flexibility index (Phi) is 3.21. The van der Waals surface area contributed by atoms with Crippen LogP contribution in [0, 0.1) is 0 Å². The van der Waals surface area contributed by atoms with Gasteiger partial charge >= 0.3 is 0 Å². The molecule has 1 aromatic carbocycles. The molecule has 132 valence electrons. The van der Waals surface area contributed by atoms with Crippen LogP contribution < -0.4 is 15.5 Å². The highest BCUT2D eigenvalue weighted by molar-refractivity contribution is 5.95. The SMILES string of the molecule is COc1cccc2c1nc(N)n1nc(CCN3CCc4nccn43)nc21. The molecule has 0 aliphatic carbocycles. The molecule has 0 radical (unpaired) electrons. The average Bonchev–Trinajstić information content (AvgIpc) is 3.35. The van der Waals surface area contributed by atoms with E-state index in [1.54, 1.807) is 11.6 Å². The van der Waals surface area contributed by atoms with E-state index in [1.165, 1.54) is 0 Å². The zero-order chi connectivity index (χ0) is 17.7. The molecule has 5 rings (SSSR count). The predicted octanol–water partition coefficient (Wildman–Crippen LogP) is 0.802. The van der Waals surface area contributed by atoms with Crippen molar-refractivity contribution in [2.75, 3.05) is 30.9 Å². The molecule has 4 aromatic rings. The van der Waals surface area contributed by atoms with E-state index in [1.807, 2.05) is 30.6 Å². The number of anilines is 1. The zero-order valence-corrected chi connectivity index (χ0v) is 14.3. The molecule has 1 aliphatic rings. The van der Waals surface area contributed by atoms with E-state index in [0.29, 0.717) is 29.3 Å². The van der Waals surface area contributed by atoms with E-state index in [-0.39, 0.29) is 0 Å². The molecule has 9 heteroatoms. The summed E-state index contributed by atoms with van der Waals surface area (Å²) in [5, 5.41) is 7.67. The van der Waals surface area contributed by atoms with Crippen molar-refractivity contribution in [1.82, 2.24) is 29.2 Å². The lowest BCUT2D eigenvalue weighted by atomic mass is 10.2. The minimum absolute atomic E-state index is 0.300. The van der Waals surface area contributed by atoms with E-state index in [4.69, 9.17) is 15.5 Å². The first-order valence-electron chi connectivity index (χ1n) is 8.50. The van der Waals surface area contributed by atoms with Gasteiger partial charge in [0.05, 0.1) is 7.11 Å². The van der Waals surface area contributed by atoms with Gasteiger partial charge in [-0.05, 0) is 12.1 Å². The van der Waals surface area contributed by atoms with Crippen molar-refractivity contribution in [2.45, 2.75) is 12.8 Å². The topological polar surface area (TPSA) is 99.4 Å². The molecule has 2 N–H and O–H groups in total. The van der Waals surface area contributed by atoms with Gasteiger partial charge in [0.15, 0.2) is 11.5 Å². The number of nitrogen functional groups attached to an aromatic ring is 1. The number of hydrogen-bond donors (Lipinski definition) is 1. The molecule has 0 unspecified atom stereocenters. The number of methoxy groups -OCH3 is 1. The minimum atomic E-state index is 0.300. The second kappa shape index (κ2) is 5.58. The maximum absolute atomic E-state index is 6.10. The van der Waals surface area contributed by atoms with Crippen LogP contribution in [-0.2, 0) is 12.8 Å². The summed E-state index contributed by atoms with van der Waals surface area (Å²) < 4.78 is 9.09. The molecule has 4 heterocycles. The van der Waals surface area contributed by atoms with Gasteiger partial charge in [0.25, 0.3) is 0 Å². The second-order valence-electron chi connectivity index (χ2n) is 6.23. The van der Waals surface area contributed by atoms with Crippen LogP contribution in [0.15, 0.2) is 30.6 Å². The molecule has 1 aliphatic heterocycles. The number of benzene rings is 1. The van der Waals surface area contributed by atoms with Gasteiger partial charge in [0, 0.05) is 43.7 Å². The molecular formula is C17H18N8O. The number of hydrogen-bond acceptors (Lipinski definition) is 7. The van der Waals surface area contributed by atoms with Crippen LogP contribution in [0.25, 0.3) is 16.6 Å². The normalized spacial score (nSPS) is 13.7. The lowest BCUT2D eigenvalue weighted by Crippen LogP contribution is -2.32. The lowest BCUT2D eigenvalue weighted by molar-refractivity contribution is 0.419. The summed E-state index contributed by atoms with van der Waals surface area (Å²) in [7, 11) is 1.62. The summed E-state index contributed by atoms with van der Waals surface area (Å²) in [6.07, 6.45) is 5.49. The van der Waals surface area contributed by atoms with Crippen molar-refractivity contribution >= 4 is 22.5 Å². The van der Waals surface area contributed by atoms with Crippen molar-refractivity contribution in [3.05, 3.63) is 42.2 Å². The molecule has 0 amide bonds. The smallest absolute Gasteiger partial charge is 0.223 e. The fraction of sp³-hybridized carbons (Fsp3) is 0.294. The highest BCUT2D eigenvalue weighted by Gasteiger charge is 2.20. The molecule has 0 bridgehead atoms. The average molecular weight is 350 g/mol. The number of imidazole rings is 1. The summed E-state index contributed by atoms with van der Waals surface area (Å²) in [5.41, 5.74) is 7.49. The highest BCUT2D eigenvalue weighted by Crippen LogP contribution is 2.27. The van der Waals surface area contributed by atoms with Crippen molar-refractivity contribution in [2.24, 2.45) is 0 Å². The Bertz CT molecular complexity index is 1110. The standard InChI is InChI=1S/C17H18N8O/c1-26-12-4-2-3-11-15(12)21-17(18)25-16(11)20-13(22-25)5-8-23-9-6-14-19-7-10-24(14)23/h2-4,7,10H,5-6,8-9H2,1H3,(H2,18,21). The van der Waals surface area contributed by atoms with Gasteiger partial charge in [-0.1, -0.05) is 6.07 Å². The molecule has 0 saturated carbocycles. The van der Waals surface area contributed by atoms with Gasteiger partial charge in [0.1, 0.15) is 17.1 Å². The molecule has 0 fully saturated rings. The third kappa shape index (κ3) is 2.17. The molecule has 0 saturated heterocycles. The maximum Gasteiger partial charge on any atom is 0.223 e. The second-order valence-corrected chi connectivity index (χ2v) is 6.23. The Balaban J connectivity index is 1.50. The molecule has 3 aromatic heterocycles. The third-order valence-corrected chi connectivity index (χ3v) is 4.74. The summed E-state index contributed by atoms with van der Waals surface area (Å²) in [6.45, 7) is 1.77. The first kappa shape index (κ1) is 14.9. The predicted molar refractivity (Wildman–Crippen MR) is 96.8 cm³/mol. The van der Waals surface area contributed by atoms with Crippen LogP contribution in [0.1, 0.15) is 11.6 Å². The lowest BCUT2D eigenvalue weighted by Gasteiger charge is -2.18. The van der Waals surface area contributed by atoms with Gasteiger partial charge in [-0.25, -0.2) is 19.6 Å². The third-order valence-electron chi connectivity index (χ3n) is 4.74. The number of nitrogens with two attached hydrogens (primary N) is 1. The Morgan fingerprint density at radius 1 is 1.27 bits per heavy atom. The van der Waals surface area contributed by atoms with Crippen LogP contribution in [0.5, 0.6) is 5.75 Å². The van der Waals surface area contributed by atoms with Gasteiger partial charge in [0.2, 0.25) is 5.95 Å². The largest absolute Gasteiger partial charge is 0.494 e. The van der Waals surface area contributed by atoms with Crippen LogP contribution in [-0.4, -0.2) is 49.4 Å². The van der Waals surface area contributed by atoms with Crippen LogP contribution in [0.2, 0.25) is 0 Å². The molecule has 0 atom stereocenters. The Labute approximate surface area is 149 Å². The minimum Gasteiger partial charge on any atom is -0.494 e.